The summed E-state index contributed by atoms with van der Waals surface area (Å²) in [7, 11) is -3.36. The van der Waals surface area contributed by atoms with Gasteiger partial charge >= 0.3 is 0 Å². The topological polar surface area (TPSA) is 12.9 Å². The van der Waals surface area contributed by atoms with E-state index in [-0.39, 0.29) is 5.41 Å². The minimum Gasteiger partial charge on any atom is -0.256 e. The fourth-order valence-electron chi connectivity index (χ4n) is 6.66. The van der Waals surface area contributed by atoms with Crippen molar-refractivity contribution in [2.75, 3.05) is 0 Å². The Labute approximate surface area is 242 Å². The van der Waals surface area contributed by atoms with Crippen molar-refractivity contribution >= 4 is 42.5 Å². The van der Waals surface area contributed by atoms with Gasteiger partial charge in [-0.1, -0.05) is 119 Å². The summed E-state index contributed by atoms with van der Waals surface area (Å²) < 4.78 is 0. The van der Waals surface area contributed by atoms with Gasteiger partial charge in [0.2, 0.25) is 0 Å². The van der Waals surface area contributed by atoms with Gasteiger partial charge in [-0.15, -0.1) is 0 Å². The third kappa shape index (κ3) is 4.31. The number of fused-ring (bicyclic) bond motifs is 4. The molecule has 2 heterocycles. The zero-order valence-corrected chi connectivity index (χ0v) is 27.5. The Morgan fingerprint density at radius 1 is 0.725 bits per heavy atom. The van der Waals surface area contributed by atoms with Crippen molar-refractivity contribution in [3.8, 4) is 33.5 Å². The van der Waals surface area contributed by atoms with Gasteiger partial charge in [-0.25, -0.2) is 0 Å². The van der Waals surface area contributed by atoms with E-state index in [0.717, 1.165) is 0 Å². The molecule has 0 aliphatic carbocycles. The normalized spacial score (nSPS) is 14.3. The van der Waals surface area contributed by atoms with Crippen molar-refractivity contribution < 1.29 is 0 Å². The van der Waals surface area contributed by atoms with E-state index >= 15 is 0 Å². The molecule has 5 aromatic rings. The van der Waals surface area contributed by atoms with E-state index in [1.165, 1.54) is 71.0 Å². The van der Waals surface area contributed by atoms with E-state index in [1.807, 2.05) is 6.20 Å². The molecule has 1 aliphatic rings. The molecule has 0 radical (unpaired) electrons. The lowest BCUT2D eigenvalue weighted by atomic mass is 9.82. The molecule has 0 saturated heterocycles. The first-order chi connectivity index (χ1) is 18.8. The summed E-state index contributed by atoms with van der Waals surface area (Å²) in [5.74, 6) is 0. The van der Waals surface area contributed by atoms with Crippen molar-refractivity contribution in [2.45, 2.75) is 65.8 Å². The molecule has 0 atom stereocenters. The van der Waals surface area contributed by atoms with Crippen LogP contribution in [0.3, 0.4) is 0 Å². The monoisotopic (exact) mass is 555 g/mol. The van der Waals surface area contributed by atoms with Gasteiger partial charge in [-0.3, -0.25) is 4.98 Å². The van der Waals surface area contributed by atoms with Crippen molar-refractivity contribution in [1.29, 1.82) is 0 Å². The Kier molecular flexibility index (Phi) is 6.14. The molecule has 202 valence electrons. The summed E-state index contributed by atoms with van der Waals surface area (Å²) in [4.78, 5) is 5.10. The first-order valence-corrected chi connectivity index (χ1v) is 21.1. The van der Waals surface area contributed by atoms with Crippen LogP contribution in [-0.2, 0) is 5.41 Å². The second kappa shape index (κ2) is 9.12. The van der Waals surface area contributed by atoms with Crippen LogP contribution in [-0.4, -0.2) is 21.1 Å². The second-order valence-corrected chi connectivity index (χ2v) is 23.6. The lowest BCUT2D eigenvalue weighted by molar-refractivity contribution is 0.596. The van der Waals surface area contributed by atoms with E-state index in [1.54, 1.807) is 0 Å². The second-order valence-electron chi connectivity index (χ2n) is 14.2. The zero-order chi connectivity index (χ0) is 28.6. The Morgan fingerprint density at radius 3 is 2.15 bits per heavy atom. The van der Waals surface area contributed by atoms with E-state index in [4.69, 9.17) is 4.98 Å². The molecule has 4 aromatic carbocycles. The maximum atomic E-state index is 5.10. The van der Waals surface area contributed by atoms with Crippen molar-refractivity contribution in [1.82, 2.24) is 4.98 Å². The van der Waals surface area contributed by atoms with E-state index in [0.29, 0.717) is 0 Å². The molecular weight excluding hydrogens is 515 g/mol. The number of aryl methyl sites for hydroxylation is 1. The quantitative estimate of drug-likeness (QED) is 0.203. The molecule has 0 saturated carbocycles. The molecule has 1 aromatic heterocycles. The molecule has 0 bridgehead atoms. The molecule has 3 heteroatoms. The van der Waals surface area contributed by atoms with E-state index < -0.39 is 16.1 Å². The smallest absolute Gasteiger partial charge is 0.116 e. The predicted octanol–water partition coefficient (Wildman–Crippen LogP) is 8.52. The van der Waals surface area contributed by atoms with Gasteiger partial charge in [0.1, 0.15) is 8.07 Å². The standard InChI is InChI=1S/C37H41NSi2/c1-24-20-28(39(5,6)7)15-17-29(24)26-14-16-31-32-18-19-38-35(36(32)40(8,9)34(31)23-26)27-21-25-12-10-11-13-30(25)33(22-27)37(2,3)4/h10-23H,1-9H3. The van der Waals surface area contributed by atoms with Gasteiger partial charge in [-0.05, 0) is 85.1 Å². The van der Waals surface area contributed by atoms with Crippen molar-refractivity contribution in [3.05, 3.63) is 96.2 Å². The van der Waals surface area contributed by atoms with Crippen LogP contribution in [0.5, 0.6) is 0 Å². The Balaban J connectivity index is 1.51. The largest absolute Gasteiger partial charge is 0.256 e. The highest BCUT2D eigenvalue weighted by Gasteiger charge is 2.40. The van der Waals surface area contributed by atoms with Gasteiger partial charge in [0.15, 0.2) is 0 Å². The third-order valence-corrected chi connectivity index (χ3v) is 14.5. The Bertz CT molecular complexity index is 1800. The molecule has 0 spiro atoms. The van der Waals surface area contributed by atoms with Gasteiger partial charge in [0.25, 0.3) is 0 Å². The first-order valence-electron chi connectivity index (χ1n) is 14.6. The average molecular weight is 556 g/mol. The number of rotatable bonds is 3. The SMILES string of the molecule is Cc1cc([Si](C)(C)C)ccc1-c1ccc2c(c1)[Si](C)(C)c1c-2ccnc1-c1cc(C(C)(C)C)c2ccccc2c1. The molecule has 40 heavy (non-hydrogen) atoms. The molecule has 0 N–H and O–H groups in total. The van der Waals surface area contributed by atoms with Crippen LogP contribution in [0.1, 0.15) is 31.9 Å². The molecule has 0 fully saturated rings. The molecule has 1 aliphatic heterocycles. The van der Waals surface area contributed by atoms with Crippen LogP contribution in [0.15, 0.2) is 85.1 Å². The van der Waals surface area contributed by atoms with Crippen LogP contribution < -0.4 is 15.6 Å². The molecule has 6 rings (SSSR count). The minimum absolute atomic E-state index is 0.0429. The van der Waals surface area contributed by atoms with Crippen LogP contribution in [0.25, 0.3) is 44.3 Å². The zero-order valence-electron chi connectivity index (χ0n) is 25.5. The molecule has 0 unspecified atom stereocenters. The number of hydrogen-bond acceptors (Lipinski definition) is 1. The number of hydrogen-bond donors (Lipinski definition) is 0. The highest BCUT2D eigenvalue weighted by molar-refractivity contribution is 7.04. The Morgan fingerprint density at radius 2 is 1.45 bits per heavy atom. The average Bonchev–Trinajstić information content (AvgIpc) is 3.13. The number of nitrogens with zero attached hydrogens (tertiary/aromatic N) is 1. The van der Waals surface area contributed by atoms with Crippen LogP contribution in [0.2, 0.25) is 32.7 Å². The summed E-state index contributed by atoms with van der Waals surface area (Å²) in [5, 5.41) is 7.16. The lowest BCUT2D eigenvalue weighted by Gasteiger charge is -2.25. The lowest BCUT2D eigenvalue weighted by Crippen LogP contribution is -2.50. The van der Waals surface area contributed by atoms with Gasteiger partial charge < -0.3 is 0 Å². The fourth-order valence-corrected chi connectivity index (χ4v) is 11.3. The molecular formula is C37H41NSi2. The summed E-state index contributed by atoms with van der Waals surface area (Å²) in [6.07, 6.45) is 2.02. The maximum Gasteiger partial charge on any atom is 0.116 e. The molecule has 0 amide bonds. The van der Waals surface area contributed by atoms with Gasteiger partial charge in [0.05, 0.1) is 13.8 Å². The van der Waals surface area contributed by atoms with Crippen molar-refractivity contribution in [2.24, 2.45) is 0 Å². The number of benzene rings is 4. The van der Waals surface area contributed by atoms with Gasteiger partial charge in [-0.2, -0.15) is 0 Å². The highest BCUT2D eigenvalue weighted by atomic mass is 28.3. The van der Waals surface area contributed by atoms with E-state index in [2.05, 4.69) is 139 Å². The van der Waals surface area contributed by atoms with E-state index in [9.17, 15) is 0 Å². The summed E-state index contributed by atoms with van der Waals surface area (Å²) >= 11 is 0. The van der Waals surface area contributed by atoms with Gasteiger partial charge in [0, 0.05) is 11.8 Å². The number of aromatic nitrogens is 1. The fraction of sp³-hybridized carbons (Fsp3) is 0.270. The van der Waals surface area contributed by atoms with Crippen LogP contribution >= 0.6 is 0 Å². The van der Waals surface area contributed by atoms with Crippen LogP contribution in [0.4, 0.5) is 0 Å². The summed E-state index contributed by atoms with van der Waals surface area (Å²) in [6, 6.07) is 30.2. The maximum absolute atomic E-state index is 5.10. The summed E-state index contributed by atoms with van der Waals surface area (Å²) in [6.45, 7) is 21.5. The van der Waals surface area contributed by atoms with Crippen molar-refractivity contribution in [3.63, 3.8) is 0 Å². The first kappa shape index (κ1) is 26.9. The minimum atomic E-state index is -2.02. The summed E-state index contributed by atoms with van der Waals surface area (Å²) in [5.41, 5.74) is 10.7. The Hall–Kier alpha value is -3.28. The number of pyridine rings is 1. The molecule has 1 nitrogen and oxygen atoms in total. The van der Waals surface area contributed by atoms with Crippen LogP contribution in [0, 0.1) is 6.92 Å². The third-order valence-electron chi connectivity index (χ3n) is 8.91. The highest BCUT2D eigenvalue weighted by Crippen LogP contribution is 2.38. The predicted molar refractivity (Wildman–Crippen MR) is 181 cm³/mol.